The van der Waals surface area contributed by atoms with E-state index in [4.69, 9.17) is 13.9 Å². The lowest BCUT2D eigenvalue weighted by atomic mass is 9.97. The van der Waals surface area contributed by atoms with Gasteiger partial charge in [-0.25, -0.2) is 0 Å². The van der Waals surface area contributed by atoms with Crippen LogP contribution in [-0.4, -0.2) is 24.5 Å². The second-order valence-electron chi connectivity index (χ2n) is 5.57. The molecular weight excluding hydrogens is 218 g/mol. The summed E-state index contributed by atoms with van der Waals surface area (Å²) in [6.07, 6.45) is 3.53. The number of nitrogens with one attached hydrogen (secondary N) is 1. The lowest BCUT2D eigenvalue weighted by Gasteiger charge is -2.38. The van der Waals surface area contributed by atoms with Crippen molar-refractivity contribution in [2.75, 3.05) is 13.2 Å². The summed E-state index contributed by atoms with van der Waals surface area (Å²) in [6, 6.07) is 4.17. The van der Waals surface area contributed by atoms with Crippen LogP contribution in [0.5, 0.6) is 0 Å². The van der Waals surface area contributed by atoms with E-state index in [1.54, 1.807) is 6.26 Å². The van der Waals surface area contributed by atoms with Gasteiger partial charge in [-0.15, -0.1) is 0 Å². The van der Waals surface area contributed by atoms with Gasteiger partial charge in [-0.05, 0) is 32.4 Å². The second kappa shape index (κ2) is 3.83. The third-order valence-electron chi connectivity index (χ3n) is 3.52. The van der Waals surface area contributed by atoms with Gasteiger partial charge in [-0.1, -0.05) is 0 Å². The number of rotatable bonds is 1. The first-order chi connectivity index (χ1) is 8.09. The average molecular weight is 237 g/mol. The van der Waals surface area contributed by atoms with Gasteiger partial charge >= 0.3 is 0 Å². The molecule has 1 N–H and O–H groups in total. The maximum Gasteiger partial charge on any atom is 0.146 e. The Morgan fingerprint density at radius 1 is 1.35 bits per heavy atom. The van der Waals surface area contributed by atoms with Crippen LogP contribution >= 0.6 is 0 Å². The lowest BCUT2D eigenvalue weighted by molar-refractivity contribution is -0.113. The van der Waals surface area contributed by atoms with Crippen LogP contribution in [-0.2, 0) is 9.47 Å². The van der Waals surface area contributed by atoms with Gasteiger partial charge in [0.1, 0.15) is 11.5 Å². The zero-order chi connectivity index (χ0) is 11.9. The Labute approximate surface area is 101 Å². The summed E-state index contributed by atoms with van der Waals surface area (Å²) in [4.78, 5) is 0. The van der Waals surface area contributed by atoms with E-state index in [0.717, 1.165) is 25.2 Å². The van der Waals surface area contributed by atoms with Gasteiger partial charge in [-0.3, -0.25) is 5.32 Å². The highest BCUT2D eigenvalue weighted by Crippen LogP contribution is 2.38. The Hall–Kier alpha value is -0.840. The van der Waals surface area contributed by atoms with Crippen LogP contribution in [0.4, 0.5) is 0 Å². The number of furan rings is 1. The fourth-order valence-corrected chi connectivity index (χ4v) is 2.79. The first-order valence-corrected chi connectivity index (χ1v) is 6.18. The number of hydrogen-bond donors (Lipinski definition) is 1. The summed E-state index contributed by atoms with van der Waals surface area (Å²) in [5.74, 6) is 0.984. The largest absolute Gasteiger partial charge is 0.468 e. The first-order valence-electron chi connectivity index (χ1n) is 6.18. The Morgan fingerprint density at radius 3 is 2.88 bits per heavy atom. The first kappa shape index (κ1) is 11.3. The van der Waals surface area contributed by atoms with Gasteiger partial charge in [0.15, 0.2) is 0 Å². The Bertz CT molecular complexity index is 387. The minimum Gasteiger partial charge on any atom is -0.468 e. The molecule has 0 bridgehead atoms. The monoisotopic (exact) mass is 237 g/mol. The molecule has 0 amide bonds. The van der Waals surface area contributed by atoms with Gasteiger partial charge in [-0.2, -0.15) is 0 Å². The van der Waals surface area contributed by atoms with E-state index >= 15 is 0 Å². The molecular formula is C13H19NO3. The summed E-state index contributed by atoms with van der Waals surface area (Å²) < 4.78 is 17.2. The fraction of sp³-hybridized carbons (Fsp3) is 0.692. The zero-order valence-electron chi connectivity index (χ0n) is 10.4. The van der Waals surface area contributed by atoms with E-state index < -0.39 is 0 Å². The van der Waals surface area contributed by atoms with Crippen LogP contribution in [0.2, 0.25) is 0 Å². The molecule has 1 aromatic heterocycles. The minimum absolute atomic E-state index is 0.113. The molecule has 17 heavy (non-hydrogen) atoms. The van der Waals surface area contributed by atoms with Crippen LogP contribution in [0.1, 0.15) is 38.5 Å². The molecule has 1 spiro atoms. The molecule has 0 aliphatic carbocycles. The molecule has 2 aliphatic heterocycles. The van der Waals surface area contributed by atoms with Gasteiger partial charge in [0.2, 0.25) is 0 Å². The van der Waals surface area contributed by atoms with Crippen molar-refractivity contribution in [1.29, 1.82) is 0 Å². The fourth-order valence-electron chi connectivity index (χ4n) is 2.79. The van der Waals surface area contributed by atoms with Crippen molar-refractivity contribution in [2.45, 2.75) is 44.1 Å². The molecule has 3 rings (SSSR count). The van der Waals surface area contributed by atoms with Crippen molar-refractivity contribution in [3.8, 4) is 0 Å². The predicted octanol–water partition coefficient (Wildman–Crippen LogP) is 2.23. The van der Waals surface area contributed by atoms with Crippen molar-refractivity contribution < 1.29 is 13.9 Å². The molecule has 4 nitrogen and oxygen atoms in total. The molecule has 2 atom stereocenters. The van der Waals surface area contributed by atoms with Crippen LogP contribution in [0, 0.1) is 0 Å². The third-order valence-corrected chi connectivity index (χ3v) is 3.52. The molecule has 2 unspecified atom stereocenters. The van der Waals surface area contributed by atoms with Gasteiger partial charge in [0.05, 0.1) is 31.1 Å². The third kappa shape index (κ3) is 2.12. The summed E-state index contributed by atoms with van der Waals surface area (Å²) in [7, 11) is 0. The molecule has 0 saturated carbocycles. The summed E-state index contributed by atoms with van der Waals surface area (Å²) >= 11 is 0. The molecule has 2 aliphatic rings. The summed E-state index contributed by atoms with van der Waals surface area (Å²) in [5.41, 5.74) is -0.447. The van der Waals surface area contributed by atoms with Crippen LogP contribution < -0.4 is 5.32 Å². The Balaban J connectivity index is 1.76. The molecule has 94 valence electrons. The normalized spacial score (nSPS) is 36.5. The highest BCUT2D eigenvalue weighted by atomic mass is 16.6. The van der Waals surface area contributed by atoms with Crippen molar-refractivity contribution >= 4 is 0 Å². The van der Waals surface area contributed by atoms with E-state index in [2.05, 4.69) is 19.2 Å². The number of hydrogen-bond acceptors (Lipinski definition) is 4. The molecule has 2 saturated heterocycles. The Morgan fingerprint density at radius 2 is 2.24 bits per heavy atom. The van der Waals surface area contributed by atoms with Crippen molar-refractivity contribution in [1.82, 2.24) is 5.32 Å². The van der Waals surface area contributed by atoms with Gasteiger partial charge in [0.25, 0.3) is 0 Å². The topological polar surface area (TPSA) is 43.6 Å². The highest BCUT2D eigenvalue weighted by Gasteiger charge is 2.48. The lowest BCUT2D eigenvalue weighted by Crippen LogP contribution is -2.54. The summed E-state index contributed by atoms with van der Waals surface area (Å²) in [5, 5.41) is 3.55. The van der Waals surface area contributed by atoms with Crippen molar-refractivity contribution in [2.24, 2.45) is 0 Å². The Kier molecular flexibility index (Phi) is 2.54. The zero-order valence-corrected chi connectivity index (χ0v) is 10.4. The molecule has 1 aromatic rings. The molecule has 2 fully saturated rings. The van der Waals surface area contributed by atoms with Crippen molar-refractivity contribution in [3.63, 3.8) is 0 Å². The molecule has 0 aromatic carbocycles. The smallest absolute Gasteiger partial charge is 0.146 e. The molecule has 3 heterocycles. The van der Waals surface area contributed by atoms with Gasteiger partial charge in [0, 0.05) is 6.42 Å². The van der Waals surface area contributed by atoms with Gasteiger partial charge < -0.3 is 13.9 Å². The molecule has 4 heteroatoms. The average Bonchev–Trinajstić information content (AvgIpc) is 2.88. The van der Waals surface area contributed by atoms with Crippen LogP contribution in [0.15, 0.2) is 22.8 Å². The summed E-state index contributed by atoms with van der Waals surface area (Å²) in [6.45, 7) is 5.56. The highest BCUT2D eigenvalue weighted by molar-refractivity contribution is 5.08. The van der Waals surface area contributed by atoms with Crippen LogP contribution in [0.25, 0.3) is 0 Å². The predicted molar refractivity (Wildman–Crippen MR) is 62.5 cm³/mol. The second-order valence-corrected chi connectivity index (χ2v) is 5.57. The standard InChI is InChI=1S/C13H19NO3/c1-12(2)8-13(9-17-12)14-10(5-7-16-13)11-4-3-6-15-11/h3-4,6,10,14H,5,7-9H2,1-2H3. The SMILES string of the molecule is CC1(C)CC2(CO1)NC(c1ccco1)CCO2. The van der Waals surface area contributed by atoms with Crippen molar-refractivity contribution in [3.05, 3.63) is 24.2 Å². The minimum atomic E-state index is -0.334. The van der Waals surface area contributed by atoms with E-state index in [9.17, 15) is 0 Å². The quantitative estimate of drug-likeness (QED) is 0.813. The van der Waals surface area contributed by atoms with E-state index in [1.165, 1.54) is 0 Å². The van der Waals surface area contributed by atoms with E-state index in [0.29, 0.717) is 6.61 Å². The molecule has 0 radical (unpaired) electrons. The maximum absolute atomic E-state index is 5.91. The van der Waals surface area contributed by atoms with E-state index in [-0.39, 0.29) is 17.4 Å². The van der Waals surface area contributed by atoms with E-state index in [1.807, 2.05) is 12.1 Å². The maximum atomic E-state index is 5.91. The number of ether oxygens (including phenoxy) is 2. The van der Waals surface area contributed by atoms with Crippen LogP contribution in [0.3, 0.4) is 0 Å².